The van der Waals surface area contributed by atoms with Crippen LogP contribution in [0.4, 0.5) is 10.2 Å². The molecule has 11 nitrogen and oxygen atoms in total. The van der Waals surface area contributed by atoms with Crippen molar-refractivity contribution in [2.45, 2.75) is 57.7 Å². The third-order valence-electron chi connectivity index (χ3n) is 5.84. The summed E-state index contributed by atoms with van der Waals surface area (Å²) in [5, 5.41) is 10.5. The number of aromatic nitrogens is 2. The van der Waals surface area contributed by atoms with E-state index in [0.29, 0.717) is 6.42 Å². The second kappa shape index (κ2) is 10.8. The lowest BCUT2D eigenvalue weighted by Crippen LogP contribution is -2.42. The van der Waals surface area contributed by atoms with Gasteiger partial charge in [0.1, 0.15) is 31.3 Å². The van der Waals surface area contributed by atoms with Gasteiger partial charge in [0.2, 0.25) is 5.67 Å². The third-order valence-corrected chi connectivity index (χ3v) is 7.78. The number of amidine groups is 1. The van der Waals surface area contributed by atoms with Crippen molar-refractivity contribution in [3.05, 3.63) is 12.0 Å². The van der Waals surface area contributed by atoms with Crippen molar-refractivity contribution < 1.29 is 37.4 Å². The highest BCUT2D eigenvalue weighted by Crippen LogP contribution is 2.44. The second-order valence-electron chi connectivity index (χ2n) is 8.64. The molecule has 14 heteroatoms. The van der Waals surface area contributed by atoms with Crippen LogP contribution in [0.15, 0.2) is 11.3 Å². The minimum atomic E-state index is -2.73. The summed E-state index contributed by atoms with van der Waals surface area (Å²) in [4.78, 5) is 32.2. The Hall–Kier alpha value is -2.20. The van der Waals surface area contributed by atoms with Crippen LogP contribution in [0.2, 0.25) is 0 Å². The largest absolute Gasteiger partial charge is 0.697 e. The lowest BCUT2D eigenvalue weighted by molar-refractivity contribution is -0.118. The SMILES string of the molecule is C#CC1(F)[C@@H](O)[C@@H](CO[P+](=O)OCCSC(=O)C(C)(C)CC)O[C@H]1n1cnc2c1N=C(N)CC2=O. The van der Waals surface area contributed by atoms with E-state index >= 15 is 4.39 Å². The van der Waals surface area contributed by atoms with Gasteiger partial charge in [-0.15, -0.1) is 15.5 Å². The Balaban J connectivity index is 1.59. The van der Waals surface area contributed by atoms with Crippen LogP contribution < -0.4 is 5.73 Å². The van der Waals surface area contributed by atoms with Gasteiger partial charge in [0.15, 0.2) is 28.6 Å². The van der Waals surface area contributed by atoms with Crippen LogP contribution in [0.1, 0.15) is 50.3 Å². The number of halogens is 1. The highest BCUT2D eigenvalue weighted by Gasteiger charge is 2.59. The van der Waals surface area contributed by atoms with Crippen LogP contribution in [-0.2, 0) is 23.1 Å². The Bertz CT molecular complexity index is 1090. The van der Waals surface area contributed by atoms with Crippen LogP contribution in [-0.4, -0.2) is 68.2 Å². The molecule has 2 unspecified atom stereocenters. The van der Waals surface area contributed by atoms with E-state index in [1.165, 1.54) is 0 Å². The van der Waals surface area contributed by atoms with Gasteiger partial charge in [-0.05, 0) is 6.42 Å². The number of rotatable bonds is 10. The summed E-state index contributed by atoms with van der Waals surface area (Å²) in [6.45, 7) is 5.07. The number of nitrogens with two attached hydrogens (primary N) is 1. The molecule has 0 bridgehead atoms. The van der Waals surface area contributed by atoms with Gasteiger partial charge in [-0.1, -0.05) is 38.5 Å². The van der Waals surface area contributed by atoms with Crippen LogP contribution in [0.5, 0.6) is 0 Å². The fraction of sp³-hybridized carbons (Fsp3) is 0.619. The number of carbonyl (C=O) groups excluding carboxylic acids is 2. The predicted octanol–water partition coefficient (Wildman–Crippen LogP) is 2.44. The zero-order valence-electron chi connectivity index (χ0n) is 19.5. The molecule has 35 heavy (non-hydrogen) atoms. The van der Waals surface area contributed by atoms with Crippen molar-refractivity contribution in [2.75, 3.05) is 19.0 Å². The molecule has 1 aromatic rings. The summed E-state index contributed by atoms with van der Waals surface area (Å²) < 4.78 is 44.5. The highest BCUT2D eigenvalue weighted by molar-refractivity contribution is 8.13. The minimum absolute atomic E-state index is 0.00341. The van der Waals surface area contributed by atoms with Gasteiger partial charge in [-0.2, -0.15) is 0 Å². The van der Waals surface area contributed by atoms with Crippen molar-refractivity contribution in [2.24, 2.45) is 16.1 Å². The van der Waals surface area contributed by atoms with Gasteiger partial charge in [-0.3, -0.25) is 14.2 Å². The maximum absolute atomic E-state index is 15.6. The Morgan fingerprint density at radius 3 is 2.91 bits per heavy atom. The summed E-state index contributed by atoms with van der Waals surface area (Å²) in [6.07, 6.45) is 2.29. The molecule has 0 radical (unpaired) electrons. The lowest BCUT2D eigenvalue weighted by atomic mass is 9.92. The number of aliphatic hydroxyl groups excluding tert-OH is 1. The molecule has 2 aliphatic heterocycles. The monoisotopic (exact) mass is 529 g/mol. The average Bonchev–Trinajstić information content (AvgIpc) is 3.34. The van der Waals surface area contributed by atoms with Crippen molar-refractivity contribution in [3.8, 4) is 12.3 Å². The van der Waals surface area contributed by atoms with E-state index < -0.39 is 50.2 Å². The standard InChI is InChI=1S/C21H26FN4O7PS/c1-5-20(3,4)19(29)35-8-7-31-34(30)32-10-13-16(28)21(22,6-2)18(33-13)26-11-24-15-12(27)9-14(23)25-17(15)26/h2,11,13,16,18,28H,5,7-10H2,1,3-4H3,(H-,23,25,27)/p+1/t13-,16+,18-,21?/m1/s1. The van der Waals surface area contributed by atoms with Gasteiger partial charge in [0, 0.05) is 15.7 Å². The number of fused-ring (bicyclic) bond motifs is 1. The Kier molecular flexibility index (Phi) is 8.47. The quantitative estimate of drug-likeness (QED) is 0.262. The molecule has 0 saturated carbocycles. The number of alkyl halides is 1. The summed E-state index contributed by atoms with van der Waals surface area (Å²) >= 11 is 1.07. The molecule has 1 saturated heterocycles. The average molecular weight is 530 g/mol. The van der Waals surface area contributed by atoms with Crippen molar-refractivity contribution >= 4 is 42.6 Å². The van der Waals surface area contributed by atoms with Crippen LogP contribution >= 0.6 is 20.0 Å². The van der Waals surface area contributed by atoms with Gasteiger partial charge in [0.05, 0.1) is 12.7 Å². The third kappa shape index (κ3) is 5.63. The minimum Gasteiger partial charge on any atom is -0.387 e. The van der Waals surface area contributed by atoms with E-state index in [2.05, 4.69) is 9.98 Å². The number of Topliss-reactive ketones (excluding diaryl/α,β-unsaturated/α-hetero) is 1. The zero-order valence-corrected chi connectivity index (χ0v) is 21.2. The first kappa shape index (κ1) is 27.4. The van der Waals surface area contributed by atoms with Crippen molar-refractivity contribution in [1.29, 1.82) is 0 Å². The number of aliphatic hydroxyl groups is 1. The molecule has 0 aromatic carbocycles. The zero-order chi connectivity index (χ0) is 26.0. The number of hydrogen-bond acceptors (Lipinski definition) is 11. The molecule has 0 spiro atoms. The molecule has 5 atom stereocenters. The number of ether oxygens (including phenoxy) is 1. The maximum atomic E-state index is 15.6. The number of ketones is 1. The summed E-state index contributed by atoms with van der Waals surface area (Å²) in [5.74, 6) is 1.74. The molecule has 0 amide bonds. The summed E-state index contributed by atoms with van der Waals surface area (Å²) in [5.41, 5.74) is 2.45. The van der Waals surface area contributed by atoms with Gasteiger partial charge < -0.3 is 15.6 Å². The van der Waals surface area contributed by atoms with Crippen LogP contribution in [0.3, 0.4) is 0 Å². The van der Waals surface area contributed by atoms with E-state index in [9.17, 15) is 19.3 Å². The van der Waals surface area contributed by atoms with Gasteiger partial charge in [0.25, 0.3) is 0 Å². The van der Waals surface area contributed by atoms with E-state index in [0.717, 1.165) is 22.7 Å². The number of thioether (sulfide) groups is 1. The first-order valence-electron chi connectivity index (χ1n) is 10.8. The number of hydrogen-bond donors (Lipinski definition) is 2. The van der Waals surface area contributed by atoms with Crippen LogP contribution in [0, 0.1) is 17.8 Å². The number of nitrogens with zero attached hydrogens (tertiary/aromatic N) is 3. The van der Waals surface area contributed by atoms with E-state index in [1.54, 1.807) is 0 Å². The highest BCUT2D eigenvalue weighted by atomic mass is 32.2. The first-order valence-corrected chi connectivity index (χ1v) is 12.9. The van der Waals surface area contributed by atoms with E-state index in [4.69, 9.17) is 25.9 Å². The molecule has 3 heterocycles. The number of carbonyl (C=O) groups is 2. The topological polar surface area (TPSA) is 155 Å². The predicted molar refractivity (Wildman–Crippen MR) is 126 cm³/mol. The molecule has 190 valence electrons. The fourth-order valence-electron chi connectivity index (χ4n) is 3.33. The molecule has 2 aliphatic rings. The van der Waals surface area contributed by atoms with Crippen LogP contribution in [0.25, 0.3) is 0 Å². The second-order valence-corrected chi connectivity index (χ2v) is 10.7. The summed E-state index contributed by atoms with van der Waals surface area (Å²) in [6, 6.07) is 0. The van der Waals surface area contributed by atoms with E-state index in [-0.39, 0.29) is 41.2 Å². The molecular formula is C21H27FN4O7PS+. The number of imidazole rings is 1. The molecule has 3 N–H and O–H groups in total. The van der Waals surface area contributed by atoms with Gasteiger partial charge in [-0.25, -0.2) is 14.4 Å². The maximum Gasteiger partial charge on any atom is 0.697 e. The first-order chi connectivity index (χ1) is 16.4. The van der Waals surface area contributed by atoms with Crippen molar-refractivity contribution in [3.63, 3.8) is 0 Å². The van der Waals surface area contributed by atoms with E-state index in [1.807, 2.05) is 26.7 Å². The smallest absolute Gasteiger partial charge is 0.387 e. The molecule has 0 aliphatic carbocycles. The Labute approximate surface area is 206 Å². The molecule has 1 fully saturated rings. The normalized spacial score (nSPS) is 26.7. The molecule has 1 aromatic heterocycles. The number of aliphatic imine (C=N–C) groups is 1. The number of terminal acetylenes is 1. The molecular weight excluding hydrogens is 502 g/mol. The lowest BCUT2D eigenvalue weighted by Gasteiger charge is -2.24. The summed E-state index contributed by atoms with van der Waals surface area (Å²) in [7, 11) is -2.63. The van der Waals surface area contributed by atoms with Crippen molar-refractivity contribution in [1.82, 2.24) is 9.55 Å². The Morgan fingerprint density at radius 1 is 1.54 bits per heavy atom. The fourth-order valence-corrected chi connectivity index (χ4v) is 4.92. The molecule has 3 rings (SSSR count). The Morgan fingerprint density at radius 2 is 2.26 bits per heavy atom. The van der Waals surface area contributed by atoms with Gasteiger partial charge >= 0.3 is 8.25 Å².